The maximum absolute atomic E-state index is 4.40. The Balaban J connectivity index is 2.73. The average Bonchev–Trinajstić information content (AvgIpc) is 2.15. The molecule has 1 heterocycles. The first kappa shape index (κ1) is 11.0. The van der Waals surface area contributed by atoms with Crippen LogP contribution in [0.3, 0.4) is 0 Å². The van der Waals surface area contributed by atoms with Gasteiger partial charge in [-0.15, -0.1) is 0 Å². The summed E-state index contributed by atoms with van der Waals surface area (Å²) in [5, 5.41) is 0. The Bertz CT molecular complexity index is 294. The molecule has 0 spiro atoms. The van der Waals surface area contributed by atoms with E-state index < -0.39 is 0 Å². The van der Waals surface area contributed by atoms with Gasteiger partial charge in [-0.3, -0.25) is 4.98 Å². The normalized spacial score (nSPS) is 11.9. The predicted octanol–water partition coefficient (Wildman–Crippen LogP) is 3.87. The largest absolute Gasteiger partial charge is 0.260 e. The molecule has 0 atom stereocenters. The third-order valence-electron chi connectivity index (χ3n) is 2.07. The summed E-state index contributed by atoms with van der Waals surface area (Å²) in [6, 6.07) is 4.23. The predicted molar refractivity (Wildman–Crippen MR) is 62.2 cm³/mol. The summed E-state index contributed by atoms with van der Waals surface area (Å²) >= 11 is 0. The molecule has 0 saturated carbocycles. The number of aromatic nitrogens is 1. The van der Waals surface area contributed by atoms with Crippen molar-refractivity contribution in [3.05, 3.63) is 35.7 Å². The summed E-state index contributed by atoms with van der Waals surface area (Å²) in [6.45, 7) is 8.66. The van der Waals surface area contributed by atoms with E-state index in [4.69, 9.17) is 0 Å². The number of rotatable bonds is 3. The van der Waals surface area contributed by atoms with Crippen molar-refractivity contribution in [3.63, 3.8) is 0 Å². The molecule has 0 aliphatic heterocycles. The molecule has 0 aliphatic carbocycles. The minimum atomic E-state index is 0.512. The fourth-order valence-corrected chi connectivity index (χ4v) is 1.16. The maximum Gasteiger partial charge on any atom is 0.0429 e. The standard InChI is InChI=1S/C13H19N/c1-10(2)5-6-12-7-8-13(11(3)4)14-9-12/h5-11H,1-4H3/b6-5+. The van der Waals surface area contributed by atoms with Crippen molar-refractivity contribution in [2.75, 3.05) is 0 Å². The van der Waals surface area contributed by atoms with Gasteiger partial charge in [-0.1, -0.05) is 45.9 Å². The SMILES string of the molecule is CC(C)/C=C/c1ccc(C(C)C)nc1. The summed E-state index contributed by atoms with van der Waals surface area (Å²) in [6.07, 6.45) is 6.25. The molecule has 1 heteroatoms. The minimum absolute atomic E-state index is 0.512. The van der Waals surface area contributed by atoms with Crippen LogP contribution in [-0.2, 0) is 0 Å². The van der Waals surface area contributed by atoms with Gasteiger partial charge in [0.15, 0.2) is 0 Å². The molecule has 1 rings (SSSR count). The smallest absolute Gasteiger partial charge is 0.0429 e. The van der Waals surface area contributed by atoms with E-state index in [1.807, 2.05) is 6.20 Å². The summed E-state index contributed by atoms with van der Waals surface area (Å²) in [7, 11) is 0. The summed E-state index contributed by atoms with van der Waals surface area (Å²) in [4.78, 5) is 4.40. The van der Waals surface area contributed by atoms with Crippen LogP contribution in [0.25, 0.3) is 6.08 Å². The molecule has 0 unspecified atom stereocenters. The zero-order valence-electron chi connectivity index (χ0n) is 9.49. The van der Waals surface area contributed by atoms with Crippen LogP contribution in [0.1, 0.15) is 44.9 Å². The quantitative estimate of drug-likeness (QED) is 0.703. The summed E-state index contributed by atoms with van der Waals surface area (Å²) in [5.74, 6) is 1.11. The van der Waals surface area contributed by atoms with Gasteiger partial charge in [0.25, 0.3) is 0 Å². The van der Waals surface area contributed by atoms with Crippen molar-refractivity contribution in [1.29, 1.82) is 0 Å². The Morgan fingerprint density at radius 1 is 1.14 bits per heavy atom. The minimum Gasteiger partial charge on any atom is -0.260 e. The molecule has 76 valence electrons. The lowest BCUT2D eigenvalue weighted by Gasteiger charge is -2.03. The van der Waals surface area contributed by atoms with E-state index in [-0.39, 0.29) is 0 Å². The highest BCUT2D eigenvalue weighted by atomic mass is 14.7. The van der Waals surface area contributed by atoms with E-state index in [0.717, 1.165) is 5.69 Å². The molecule has 0 radical (unpaired) electrons. The number of nitrogens with zero attached hydrogens (tertiary/aromatic N) is 1. The van der Waals surface area contributed by atoms with Crippen LogP contribution in [0, 0.1) is 5.92 Å². The lowest BCUT2D eigenvalue weighted by Crippen LogP contribution is -1.91. The molecular weight excluding hydrogens is 170 g/mol. The van der Waals surface area contributed by atoms with Crippen molar-refractivity contribution in [2.24, 2.45) is 5.92 Å². The topological polar surface area (TPSA) is 12.9 Å². The summed E-state index contributed by atoms with van der Waals surface area (Å²) < 4.78 is 0. The van der Waals surface area contributed by atoms with Crippen LogP contribution < -0.4 is 0 Å². The average molecular weight is 189 g/mol. The highest BCUT2D eigenvalue weighted by Crippen LogP contribution is 2.12. The van der Waals surface area contributed by atoms with Gasteiger partial charge in [-0.2, -0.15) is 0 Å². The molecule has 1 nitrogen and oxygen atoms in total. The summed E-state index contributed by atoms with van der Waals surface area (Å²) in [5.41, 5.74) is 2.34. The number of allylic oxidation sites excluding steroid dienone is 1. The highest BCUT2D eigenvalue weighted by Gasteiger charge is 1.98. The second-order valence-corrected chi connectivity index (χ2v) is 4.27. The second kappa shape index (κ2) is 4.94. The molecule has 0 saturated heterocycles. The van der Waals surface area contributed by atoms with E-state index in [0.29, 0.717) is 11.8 Å². The van der Waals surface area contributed by atoms with Crippen LogP contribution in [0.4, 0.5) is 0 Å². The van der Waals surface area contributed by atoms with Gasteiger partial charge in [0.2, 0.25) is 0 Å². The first-order valence-corrected chi connectivity index (χ1v) is 5.23. The monoisotopic (exact) mass is 189 g/mol. The third kappa shape index (κ3) is 3.33. The number of hydrogen-bond donors (Lipinski definition) is 0. The van der Waals surface area contributed by atoms with Gasteiger partial charge in [0, 0.05) is 11.9 Å². The number of hydrogen-bond acceptors (Lipinski definition) is 1. The van der Waals surface area contributed by atoms with Crippen molar-refractivity contribution in [3.8, 4) is 0 Å². The van der Waals surface area contributed by atoms with Crippen molar-refractivity contribution >= 4 is 6.08 Å². The lowest BCUT2D eigenvalue weighted by molar-refractivity contribution is 0.821. The van der Waals surface area contributed by atoms with E-state index in [1.54, 1.807) is 0 Å². The van der Waals surface area contributed by atoms with Crippen molar-refractivity contribution < 1.29 is 0 Å². The van der Waals surface area contributed by atoms with E-state index in [1.165, 1.54) is 5.56 Å². The Morgan fingerprint density at radius 3 is 2.29 bits per heavy atom. The molecule has 0 N–H and O–H groups in total. The van der Waals surface area contributed by atoms with E-state index in [9.17, 15) is 0 Å². The van der Waals surface area contributed by atoms with Crippen molar-refractivity contribution in [1.82, 2.24) is 4.98 Å². The van der Waals surface area contributed by atoms with E-state index in [2.05, 4.69) is 57.0 Å². The number of pyridine rings is 1. The van der Waals surface area contributed by atoms with Gasteiger partial charge >= 0.3 is 0 Å². The fraction of sp³-hybridized carbons (Fsp3) is 0.462. The lowest BCUT2D eigenvalue weighted by atomic mass is 10.1. The van der Waals surface area contributed by atoms with Crippen LogP contribution in [0.2, 0.25) is 0 Å². The molecule has 1 aromatic heterocycles. The molecule has 0 amide bonds. The van der Waals surface area contributed by atoms with Crippen molar-refractivity contribution in [2.45, 2.75) is 33.6 Å². The molecule has 0 aromatic carbocycles. The fourth-order valence-electron chi connectivity index (χ4n) is 1.16. The zero-order chi connectivity index (χ0) is 10.6. The Hall–Kier alpha value is -1.11. The highest BCUT2D eigenvalue weighted by molar-refractivity contribution is 5.48. The first-order chi connectivity index (χ1) is 6.59. The Kier molecular flexibility index (Phi) is 3.87. The van der Waals surface area contributed by atoms with Crippen LogP contribution >= 0.6 is 0 Å². The third-order valence-corrected chi connectivity index (χ3v) is 2.07. The van der Waals surface area contributed by atoms with Gasteiger partial charge in [0.05, 0.1) is 0 Å². The molecule has 0 aliphatic rings. The molecule has 0 fully saturated rings. The molecular formula is C13H19N. The molecule has 1 aromatic rings. The second-order valence-electron chi connectivity index (χ2n) is 4.27. The Labute approximate surface area is 86.9 Å². The van der Waals surface area contributed by atoms with Gasteiger partial charge in [-0.05, 0) is 23.5 Å². The first-order valence-electron chi connectivity index (χ1n) is 5.23. The van der Waals surface area contributed by atoms with Gasteiger partial charge < -0.3 is 0 Å². The van der Waals surface area contributed by atoms with Crippen LogP contribution in [0.5, 0.6) is 0 Å². The van der Waals surface area contributed by atoms with Crippen LogP contribution in [-0.4, -0.2) is 4.98 Å². The maximum atomic E-state index is 4.40. The Morgan fingerprint density at radius 2 is 1.86 bits per heavy atom. The van der Waals surface area contributed by atoms with Crippen LogP contribution in [0.15, 0.2) is 24.4 Å². The van der Waals surface area contributed by atoms with E-state index >= 15 is 0 Å². The molecule has 14 heavy (non-hydrogen) atoms. The zero-order valence-corrected chi connectivity index (χ0v) is 9.49. The van der Waals surface area contributed by atoms with Gasteiger partial charge in [0.1, 0.15) is 0 Å². The van der Waals surface area contributed by atoms with Gasteiger partial charge in [-0.25, -0.2) is 0 Å². The molecule has 0 bridgehead atoms.